The van der Waals surface area contributed by atoms with E-state index in [0.29, 0.717) is 11.3 Å². The maximum absolute atomic E-state index is 13.5. The van der Waals surface area contributed by atoms with E-state index in [1.807, 2.05) is 0 Å². The number of benzene rings is 1. The Kier molecular flexibility index (Phi) is 3.07. The van der Waals surface area contributed by atoms with Crippen molar-refractivity contribution in [3.05, 3.63) is 29.6 Å². The van der Waals surface area contributed by atoms with Crippen molar-refractivity contribution >= 4 is 17.5 Å². The lowest BCUT2D eigenvalue weighted by atomic mass is 10.1. The Labute approximate surface area is 105 Å². The molecule has 18 heavy (non-hydrogen) atoms. The van der Waals surface area contributed by atoms with Crippen LogP contribution >= 0.6 is 0 Å². The number of hydrogen-bond acceptors (Lipinski definition) is 2. The summed E-state index contributed by atoms with van der Waals surface area (Å²) in [6.45, 7) is 4.89. The van der Waals surface area contributed by atoms with E-state index < -0.39 is 12.1 Å². The van der Waals surface area contributed by atoms with Crippen LogP contribution in [0.4, 0.5) is 10.1 Å². The van der Waals surface area contributed by atoms with Crippen molar-refractivity contribution in [2.75, 3.05) is 4.90 Å². The Balaban J connectivity index is 2.43. The molecule has 5 heteroatoms. The summed E-state index contributed by atoms with van der Waals surface area (Å²) in [6, 6.07) is 3.32. The maximum Gasteiger partial charge on any atom is 0.250 e. The van der Waals surface area contributed by atoms with Crippen molar-refractivity contribution in [3.8, 4) is 0 Å². The summed E-state index contributed by atoms with van der Waals surface area (Å²) >= 11 is 0. The highest BCUT2D eigenvalue weighted by Crippen LogP contribution is 2.23. The molecular formula is C13H15FN2O2. The minimum atomic E-state index is -0.629. The van der Waals surface area contributed by atoms with E-state index in [4.69, 9.17) is 0 Å². The van der Waals surface area contributed by atoms with E-state index in [2.05, 4.69) is 5.32 Å². The summed E-state index contributed by atoms with van der Waals surface area (Å²) in [4.78, 5) is 25.1. The number of carbonyl (C=O) groups excluding carboxylic acids is 2. The van der Waals surface area contributed by atoms with E-state index in [1.165, 1.54) is 11.0 Å². The molecule has 4 nitrogen and oxygen atoms in total. The quantitative estimate of drug-likeness (QED) is 0.818. The number of nitrogens with one attached hydrogen (secondary N) is 1. The molecule has 0 radical (unpaired) electrons. The summed E-state index contributed by atoms with van der Waals surface area (Å²) in [7, 11) is 0. The summed E-state index contributed by atoms with van der Waals surface area (Å²) < 4.78 is 13.5. The second-order valence-corrected chi connectivity index (χ2v) is 4.55. The topological polar surface area (TPSA) is 49.4 Å². The van der Waals surface area contributed by atoms with Gasteiger partial charge in [0.1, 0.15) is 17.9 Å². The van der Waals surface area contributed by atoms with Crippen LogP contribution in [0.5, 0.6) is 0 Å². The first-order chi connectivity index (χ1) is 8.41. The lowest BCUT2D eigenvalue weighted by Gasteiger charge is -2.36. The third-order valence-corrected chi connectivity index (χ3v) is 3.17. The average Bonchev–Trinajstić information content (AvgIpc) is 2.31. The van der Waals surface area contributed by atoms with E-state index >= 15 is 0 Å². The number of piperazine rings is 1. The highest BCUT2D eigenvalue weighted by molar-refractivity contribution is 6.07. The third kappa shape index (κ3) is 1.96. The number of rotatable bonds is 1. The number of hydrogen-bond donors (Lipinski definition) is 1. The van der Waals surface area contributed by atoms with Gasteiger partial charge in [0.2, 0.25) is 11.8 Å². The minimum Gasteiger partial charge on any atom is -0.343 e. The van der Waals surface area contributed by atoms with Crippen LogP contribution in [-0.2, 0) is 9.59 Å². The highest BCUT2D eigenvalue weighted by atomic mass is 19.1. The molecular weight excluding hydrogens is 235 g/mol. The fourth-order valence-corrected chi connectivity index (χ4v) is 1.99. The zero-order valence-corrected chi connectivity index (χ0v) is 10.5. The van der Waals surface area contributed by atoms with Crippen molar-refractivity contribution in [3.63, 3.8) is 0 Å². The molecule has 2 unspecified atom stereocenters. The lowest BCUT2D eigenvalue weighted by molar-refractivity contribution is -0.133. The highest BCUT2D eigenvalue weighted by Gasteiger charge is 2.36. The predicted molar refractivity (Wildman–Crippen MR) is 65.7 cm³/mol. The van der Waals surface area contributed by atoms with Crippen LogP contribution in [0.15, 0.2) is 18.2 Å². The average molecular weight is 250 g/mol. The zero-order chi connectivity index (χ0) is 13.4. The van der Waals surface area contributed by atoms with Crippen LogP contribution in [0, 0.1) is 12.7 Å². The molecule has 0 aromatic heterocycles. The molecule has 0 bridgehead atoms. The largest absolute Gasteiger partial charge is 0.343 e. The lowest BCUT2D eigenvalue weighted by Crippen LogP contribution is -2.61. The second-order valence-electron chi connectivity index (χ2n) is 4.55. The third-order valence-electron chi connectivity index (χ3n) is 3.17. The molecule has 2 atom stereocenters. The van der Waals surface area contributed by atoms with Gasteiger partial charge in [-0.3, -0.25) is 14.5 Å². The van der Waals surface area contributed by atoms with Gasteiger partial charge in [-0.25, -0.2) is 4.39 Å². The van der Waals surface area contributed by atoms with Gasteiger partial charge in [-0.1, -0.05) is 6.07 Å². The van der Waals surface area contributed by atoms with E-state index in [0.717, 1.165) is 0 Å². The Morgan fingerprint density at radius 3 is 2.56 bits per heavy atom. The molecule has 1 N–H and O–H groups in total. The molecule has 1 heterocycles. The number of nitrogens with zero attached hydrogens (tertiary/aromatic N) is 1. The van der Waals surface area contributed by atoms with Crippen LogP contribution in [0.3, 0.4) is 0 Å². The van der Waals surface area contributed by atoms with Crippen molar-refractivity contribution in [1.29, 1.82) is 0 Å². The van der Waals surface area contributed by atoms with Crippen LogP contribution < -0.4 is 10.2 Å². The maximum atomic E-state index is 13.5. The molecule has 1 fully saturated rings. The van der Waals surface area contributed by atoms with Crippen molar-refractivity contribution in [2.45, 2.75) is 32.9 Å². The van der Waals surface area contributed by atoms with Gasteiger partial charge in [-0.05, 0) is 38.5 Å². The molecule has 0 aliphatic carbocycles. The molecule has 0 saturated carbocycles. The summed E-state index contributed by atoms with van der Waals surface area (Å²) in [5.74, 6) is -0.848. The first kappa shape index (κ1) is 12.5. The number of anilines is 1. The molecule has 1 aromatic carbocycles. The second kappa shape index (κ2) is 4.40. The molecule has 1 aliphatic heterocycles. The van der Waals surface area contributed by atoms with Crippen molar-refractivity contribution in [2.24, 2.45) is 0 Å². The molecule has 2 amide bonds. The normalized spacial score (nSPS) is 24.1. The van der Waals surface area contributed by atoms with Gasteiger partial charge in [-0.2, -0.15) is 0 Å². The van der Waals surface area contributed by atoms with Crippen molar-refractivity contribution in [1.82, 2.24) is 5.32 Å². The van der Waals surface area contributed by atoms with Crippen LogP contribution in [0.1, 0.15) is 19.4 Å². The van der Waals surface area contributed by atoms with Gasteiger partial charge in [0.05, 0.1) is 0 Å². The summed E-state index contributed by atoms with van der Waals surface area (Å²) in [5.41, 5.74) is 0.922. The number of carbonyl (C=O) groups is 2. The fourth-order valence-electron chi connectivity index (χ4n) is 1.99. The van der Waals surface area contributed by atoms with Crippen LogP contribution in [0.2, 0.25) is 0 Å². The van der Waals surface area contributed by atoms with Gasteiger partial charge >= 0.3 is 0 Å². The first-order valence-corrected chi connectivity index (χ1v) is 5.81. The molecule has 1 aliphatic rings. The van der Waals surface area contributed by atoms with E-state index in [-0.39, 0.29) is 17.6 Å². The van der Waals surface area contributed by atoms with Gasteiger partial charge in [-0.15, -0.1) is 0 Å². The van der Waals surface area contributed by atoms with Gasteiger partial charge < -0.3 is 5.32 Å². The SMILES string of the molecule is Cc1ccc(N2C(=O)C(C)NC(=O)C2C)cc1F. The molecule has 0 spiro atoms. The summed E-state index contributed by atoms with van der Waals surface area (Å²) in [5, 5.41) is 2.58. The zero-order valence-electron chi connectivity index (χ0n) is 10.5. The predicted octanol–water partition coefficient (Wildman–Crippen LogP) is 1.37. The standard InChI is InChI=1S/C13H15FN2O2/c1-7-4-5-10(6-11(7)14)16-9(3)12(17)15-8(2)13(16)18/h4-6,8-9H,1-3H3,(H,15,17). The molecule has 1 saturated heterocycles. The molecule has 2 rings (SSSR count). The number of aryl methyl sites for hydroxylation is 1. The summed E-state index contributed by atoms with van der Waals surface area (Å²) in [6.07, 6.45) is 0. The van der Waals surface area contributed by atoms with E-state index in [1.54, 1.807) is 32.9 Å². The smallest absolute Gasteiger partial charge is 0.250 e. The van der Waals surface area contributed by atoms with Crippen LogP contribution in [0.25, 0.3) is 0 Å². The number of halogens is 1. The van der Waals surface area contributed by atoms with Gasteiger partial charge in [0, 0.05) is 5.69 Å². The first-order valence-electron chi connectivity index (χ1n) is 5.81. The number of amides is 2. The monoisotopic (exact) mass is 250 g/mol. The molecule has 96 valence electrons. The fraction of sp³-hybridized carbons (Fsp3) is 0.385. The van der Waals surface area contributed by atoms with Gasteiger partial charge in [0.25, 0.3) is 0 Å². The van der Waals surface area contributed by atoms with Crippen LogP contribution in [-0.4, -0.2) is 23.9 Å². The minimum absolute atomic E-state index is 0.231. The Bertz CT molecular complexity index is 516. The Morgan fingerprint density at radius 2 is 1.94 bits per heavy atom. The Hall–Kier alpha value is -1.91. The molecule has 1 aromatic rings. The van der Waals surface area contributed by atoms with E-state index in [9.17, 15) is 14.0 Å². The van der Waals surface area contributed by atoms with Crippen molar-refractivity contribution < 1.29 is 14.0 Å². The Morgan fingerprint density at radius 1 is 1.28 bits per heavy atom. The van der Waals surface area contributed by atoms with Gasteiger partial charge in [0.15, 0.2) is 0 Å².